The molecule has 0 heterocycles. The van der Waals surface area contributed by atoms with E-state index in [1.165, 1.54) is 0 Å². The molecule has 0 fully saturated rings. The molecule has 0 bridgehead atoms. The SMILES string of the molecule is O=C(O)C=Cc1ccccc1.[Ba+2].[H-].[H-]. The van der Waals surface area contributed by atoms with Gasteiger partial charge in [0.2, 0.25) is 0 Å². The van der Waals surface area contributed by atoms with Crippen molar-refractivity contribution in [2.24, 2.45) is 0 Å². The fourth-order valence-corrected chi connectivity index (χ4v) is 0.732. The number of aliphatic carboxylic acids is 1. The molecule has 3 heteroatoms. The van der Waals surface area contributed by atoms with Crippen LogP contribution in [0.25, 0.3) is 6.08 Å². The summed E-state index contributed by atoms with van der Waals surface area (Å²) in [6, 6.07) is 9.31. The predicted octanol–water partition coefficient (Wildman–Crippen LogP) is 1.63. The summed E-state index contributed by atoms with van der Waals surface area (Å²) in [6.07, 6.45) is 2.68. The maximum atomic E-state index is 10.1. The molecule has 2 nitrogen and oxygen atoms in total. The van der Waals surface area contributed by atoms with Crippen molar-refractivity contribution in [3.05, 3.63) is 42.0 Å². The van der Waals surface area contributed by atoms with Crippen molar-refractivity contribution < 1.29 is 12.8 Å². The summed E-state index contributed by atoms with van der Waals surface area (Å²) in [5.74, 6) is -0.922. The Morgan fingerprint density at radius 1 is 1.33 bits per heavy atom. The molecule has 1 rings (SSSR count). The average molecular weight is 288 g/mol. The van der Waals surface area contributed by atoms with Gasteiger partial charge in [0, 0.05) is 6.08 Å². The van der Waals surface area contributed by atoms with Gasteiger partial charge < -0.3 is 7.96 Å². The Bertz CT molecular complexity index is 275. The topological polar surface area (TPSA) is 37.3 Å². The van der Waals surface area contributed by atoms with Crippen LogP contribution in [0.2, 0.25) is 0 Å². The molecule has 1 aromatic rings. The van der Waals surface area contributed by atoms with Crippen molar-refractivity contribution in [2.75, 3.05) is 0 Å². The van der Waals surface area contributed by atoms with Gasteiger partial charge in [-0.05, 0) is 11.6 Å². The molecule has 0 aliphatic carbocycles. The molecule has 0 aromatic heterocycles. The summed E-state index contributed by atoms with van der Waals surface area (Å²) >= 11 is 0. The minimum absolute atomic E-state index is 0. The molecule has 12 heavy (non-hydrogen) atoms. The minimum atomic E-state index is -0.922. The van der Waals surface area contributed by atoms with E-state index in [0.29, 0.717) is 0 Å². The van der Waals surface area contributed by atoms with Gasteiger partial charge in [0.25, 0.3) is 0 Å². The van der Waals surface area contributed by atoms with Crippen LogP contribution in [0.3, 0.4) is 0 Å². The Hall–Kier alpha value is 0.00143. The molecule has 0 atom stereocenters. The number of hydrogen-bond donors (Lipinski definition) is 1. The average Bonchev–Trinajstić information content (AvgIpc) is 2.03. The molecule has 0 radical (unpaired) electrons. The van der Waals surface area contributed by atoms with Crippen LogP contribution in [0.5, 0.6) is 0 Å². The molecular weight excluding hydrogens is 277 g/mol. The molecule has 0 aliphatic heterocycles. The van der Waals surface area contributed by atoms with Gasteiger partial charge in [-0.2, -0.15) is 0 Å². The smallest absolute Gasteiger partial charge is 1.00 e. The van der Waals surface area contributed by atoms with Crippen LogP contribution < -0.4 is 0 Å². The summed E-state index contributed by atoms with van der Waals surface area (Å²) < 4.78 is 0. The Kier molecular flexibility index (Phi) is 6.51. The second-order valence-electron chi connectivity index (χ2n) is 2.08. The number of carbonyl (C=O) groups is 1. The standard InChI is InChI=1S/C9H8O2.Ba.2H/c10-9(11)7-6-8-4-2-1-3-5-8;;;/h1-7H,(H,10,11);;;/q;+2;2*-1. The quantitative estimate of drug-likeness (QED) is 0.663. The van der Waals surface area contributed by atoms with E-state index in [0.717, 1.165) is 11.6 Å². The van der Waals surface area contributed by atoms with E-state index in [1.54, 1.807) is 6.08 Å². The first kappa shape index (κ1) is 12.0. The molecule has 1 N–H and O–H groups in total. The number of hydrogen-bond acceptors (Lipinski definition) is 1. The minimum Gasteiger partial charge on any atom is -1.00 e. The van der Waals surface area contributed by atoms with Gasteiger partial charge >= 0.3 is 54.9 Å². The van der Waals surface area contributed by atoms with Crippen LogP contribution in [-0.2, 0) is 4.79 Å². The maximum Gasteiger partial charge on any atom is 2.00 e. The Balaban J connectivity index is -0.000000403. The van der Waals surface area contributed by atoms with Crippen molar-refractivity contribution in [2.45, 2.75) is 0 Å². The third-order valence-electron chi connectivity index (χ3n) is 1.22. The van der Waals surface area contributed by atoms with E-state index in [4.69, 9.17) is 5.11 Å². The zero-order chi connectivity index (χ0) is 8.10. The summed E-state index contributed by atoms with van der Waals surface area (Å²) in [4.78, 5) is 10.1. The van der Waals surface area contributed by atoms with Crippen LogP contribution in [0.15, 0.2) is 36.4 Å². The Morgan fingerprint density at radius 3 is 2.42 bits per heavy atom. The molecule has 1 aromatic carbocycles. The third-order valence-corrected chi connectivity index (χ3v) is 1.22. The molecular formula is C9H10BaO2. The number of benzene rings is 1. The molecule has 0 saturated heterocycles. The number of carboxylic acids is 1. The van der Waals surface area contributed by atoms with Gasteiger partial charge in [-0.1, -0.05) is 30.3 Å². The van der Waals surface area contributed by atoms with Gasteiger partial charge in [0.05, 0.1) is 0 Å². The van der Waals surface area contributed by atoms with Crippen LogP contribution >= 0.6 is 0 Å². The van der Waals surface area contributed by atoms with Gasteiger partial charge in [0.15, 0.2) is 0 Å². The van der Waals surface area contributed by atoms with Gasteiger partial charge in [-0.3, -0.25) is 0 Å². The molecule has 0 spiro atoms. The largest absolute Gasteiger partial charge is 2.00 e. The van der Waals surface area contributed by atoms with E-state index in [1.807, 2.05) is 30.3 Å². The first-order chi connectivity index (χ1) is 5.29. The van der Waals surface area contributed by atoms with Gasteiger partial charge in [-0.25, -0.2) is 4.79 Å². The molecule has 0 amide bonds. The van der Waals surface area contributed by atoms with E-state index >= 15 is 0 Å². The zero-order valence-corrected chi connectivity index (χ0v) is 11.0. The summed E-state index contributed by atoms with van der Waals surface area (Å²) in [7, 11) is 0. The maximum absolute atomic E-state index is 10.1. The monoisotopic (exact) mass is 288 g/mol. The van der Waals surface area contributed by atoms with Crippen LogP contribution in [-0.4, -0.2) is 60.0 Å². The predicted molar refractivity (Wildman–Crippen MR) is 51.1 cm³/mol. The van der Waals surface area contributed by atoms with Crippen molar-refractivity contribution in [1.29, 1.82) is 0 Å². The van der Waals surface area contributed by atoms with Crippen LogP contribution in [0, 0.1) is 0 Å². The van der Waals surface area contributed by atoms with Crippen molar-refractivity contribution in [1.82, 2.24) is 0 Å². The Labute approximate surface area is 114 Å². The van der Waals surface area contributed by atoms with Gasteiger partial charge in [-0.15, -0.1) is 0 Å². The van der Waals surface area contributed by atoms with Crippen LogP contribution in [0.4, 0.5) is 0 Å². The molecule has 0 aliphatic rings. The number of carboxylic acid groups (broad SMARTS) is 1. The summed E-state index contributed by atoms with van der Waals surface area (Å²) in [5, 5.41) is 8.29. The van der Waals surface area contributed by atoms with Crippen LogP contribution in [0.1, 0.15) is 8.42 Å². The van der Waals surface area contributed by atoms with E-state index in [2.05, 4.69) is 0 Å². The molecule has 0 saturated carbocycles. The molecule has 0 unspecified atom stereocenters. The summed E-state index contributed by atoms with van der Waals surface area (Å²) in [5.41, 5.74) is 0.898. The second kappa shape index (κ2) is 6.51. The first-order valence-electron chi connectivity index (χ1n) is 3.25. The van der Waals surface area contributed by atoms with Gasteiger partial charge in [0.1, 0.15) is 0 Å². The molecule has 60 valence electrons. The third kappa shape index (κ3) is 4.79. The Morgan fingerprint density at radius 2 is 1.92 bits per heavy atom. The van der Waals surface area contributed by atoms with E-state index < -0.39 is 5.97 Å². The fraction of sp³-hybridized carbons (Fsp3) is 0. The van der Waals surface area contributed by atoms with E-state index in [9.17, 15) is 4.79 Å². The number of rotatable bonds is 2. The normalized spacial score (nSPS) is 9.33. The first-order valence-corrected chi connectivity index (χ1v) is 3.25. The van der Waals surface area contributed by atoms with Crippen molar-refractivity contribution in [3.63, 3.8) is 0 Å². The van der Waals surface area contributed by atoms with Crippen molar-refractivity contribution >= 4 is 60.9 Å². The zero-order valence-electron chi connectivity index (χ0n) is 8.60. The van der Waals surface area contributed by atoms with Crippen molar-refractivity contribution in [3.8, 4) is 0 Å². The second-order valence-corrected chi connectivity index (χ2v) is 2.08. The summed E-state index contributed by atoms with van der Waals surface area (Å²) in [6.45, 7) is 0. The van der Waals surface area contributed by atoms with E-state index in [-0.39, 0.29) is 51.7 Å². The fourth-order valence-electron chi connectivity index (χ4n) is 0.732.